The number of nitrogens with zero attached hydrogens (tertiary/aromatic N) is 2. The molecule has 0 saturated heterocycles. The standard InChI is InChI=1S/C16H21N3O2/c1-2-11-19-13-8-4-3-7-12(13)17-15(19)18-14(20)16(21)9-5-6-10-16/h3-4,7-8,21H,2,5-6,9-11H2,1H3,(H,17,18,20). The van der Waals surface area contributed by atoms with Crippen molar-refractivity contribution in [1.82, 2.24) is 9.55 Å². The summed E-state index contributed by atoms with van der Waals surface area (Å²) in [5, 5.41) is 13.2. The van der Waals surface area contributed by atoms with Gasteiger partial charge in [-0.25, -0.2) is 4.98 Å². The van der Waals surface area contributed by atoms with Gasteiger partial charge in [-0.1, -0.05) is 19.1 Å². The second-order valence-electron chi connectivity index (χ2n) is 5.77. The number of carbonyl (C=O) groups excluding carboxylic acids is 1. The number of hydrogen-bond donors (Lipinski definition) is 2. The first kappa shape index (κ1) is 14.1. The van der Waals surface area contributed by atoms with Gasteiger partial charge in [0.1, 0.15) is 5.60 Å². The summed E-state index contributed by atoms with van der Waals surface area (Å²) in [4.78, 5) is 16.8. The van der Waals surface area contributed by atoms with Gasteiger partial charge in [0.05, 0.1) is 11.0 Å². The van der Waals surface area contributed by atoms with Gasteiger partial charge in [-0.2, -0.15) is 0 Å². The average Bonchev–Trinajstić information content (AvgIpc) is 3.06. The maximum absolute atomic E-state index is 12.4. The fourth-order valence-corrected chi connectivity index (χ4v) is 3.03. The van der Waals surface area contributed by atoms with Crippen LogP contribution in [0.5, 0.6) is 0 Å². The number of para-hydroxylation sites is 2. The van der Waals surface area contributed by atoms with Crippen molar-refractivity contribution in [3.05, 3.63) is 24.3 Å². The predicted molar refractivity (Wildman–Crippen MR) is 82.1 cm³/mol. The predicted octanol–water partition coefficient (Wildman–Crippen LogP) is 2.69. The van der Waals surface area contributed by atoms with E-state index in [1.165, 1.54) is 0 Å². The third-order valence-electron chi connectivity index (χ3n) is 4.18. The molecule has 0 bridgehead atoms. The first-order chi connectivity index (χ1) is 10.1. The zero-order chi connectivity index (χ0) is 14.9. The number of aryl methyl sites for hydroxylation is 1. The minimum atomic E-state index is -1.23. The summed E-state index contributed by atoms with van der Waals surface area (Å²) in [7, 11) is 0. The molecule has 1 heterocycles. The molecule has 2 N–H and O–H groups in total. The number of aromatic nitrogens is 2. The number of hydrogen-bond acceptors (Lipinski definition) is 3. The third kappa shape index (κ3) is 2.53. The van der Waals surface area contributed by atoms with Crippen LogP contribution >= 0.6 is 0 Å². The minimum absolute atomic E-state index is 0.326. The van der Waals surface area contributed by atoms with E-state index in [0.29, 0.717) is 18.8 Å². The van der Waals surface area contributed by atoms with E-state index in [0.717, 1.165) is 36.8 Å². The maximum atomic E-state index is 12.4. The Hall–Kier alpha value is -1.88. The first-order valence-corrected chi connectivity index (χ1v) is 7.63. The van der Waals surface area contributed by atoms with Gasteiger partial charge < -0.3 is 9.67 Å². The number of amides is 1. The zero-order valence-corrected chi connectivity index (χ0v) is 12.3. The molecule has 0 aliphatic heterocycles. The number of anilines is 1. The van der Waals surface area contributed by atoms with E-state index in [1.54, 1.807) is 0 Å². The summed E-state index contributed by atoms with van der Waals surface area (Å²) in [6.07, 6.45) is 3.82. The zero-order valence-electron chi connectivity index (χ0n) is 12.3. The summed E-state index contributed by atoms with van der Waals surface area (Å²) in [5.41, 5.74) is 0.641. The molecule has 21 heavy (non-hydrogen) atoms. The number of imidazole rings is 1. The Labute approximate surface area is 124 Å². The molecule has 1 aromatic heterocycles. The molecule has 0 radical (unpaired) electrons. The van der Waals surface area contributed by atoms with Crippen molar-refractivity contribution in [3.8, 4) is 0 Å². The van der Waals surface area contributed by atoms with Crippen molar-refractivity contribution < 1.29 is 9.90 Å². The van der Waals surface area contributed by atoms with Crippen molar-refractivity contribution in [1.29, 1.82) is 0 Å². The number of carbonyl (C=O) groups is 1. The van der Waals surface area contributed by atoms with Gasteiger partial charge in [0.2, 0.25) is 5.95 Å². The normalized spacial score (nSPS) is 17.2. The quantitative estimate of drug-likeness (QED) is 0.908. The van der Waals surface area contributed by atoms with Crippen molar-refractivity contribution in [2.75, 3.05) is 5.32 Å². The van der Waals surface area contributed by atoms with Gasteiger partial charge in [-0.05, 0) is 44.2 Å². The molecule has 1 aliphatic carbocycles. The Morgan fingerprint density at radius 1 is 1.38 bits per heavy atom. The van der Waals surface area contributed by atoms with Crippen LogP contribution in [0.15, 0.2) is 24.3 Å². The SMILES string of the molecule is CCCn1c(NC(=O)C2(O)CCCC2)nc2ccccc21. The van der Waals surface area contributed by atoms with E-state index in [-0.39, 0.29) is 5.91 Å². The molecular weight excluding hydrogens is 266 g/mol. The highest BCUT2D eigenvalue weighted by Gasteiger charge is 2.39. The van der Waals surface area contributed by atoms with Crippen LogP contribution in [0, 0.1) is 0 Å². The lowest BCUT2D eigenvalue weighted by molar-refractivity contribution is -0.133. The summed E-state index contributed by atoms with van der Waals surface area (Å²) in [5.74, 6) is 0.205. The van der Waals surface area contributed by atoms with Crippen molar-refractivity contribution in [2.24, 2.45) is 0 Å². The highest BCUT2D eigenvalue weighted by molar-refractivity contribution is 5.97. The largest absolute Gasteiger partial charge is 0.380 e. The lowest BCUT2D eigenvalue weighted by atomic mass is 10.0. The molecule has 0 unspecified atom stereocenters. The summed E-state index contributed by atoms with van der Waals surface area (Å²) < 4.78 is 2.01. The van der Waals surface area contributed by atoms with E-state index in [2.05, 4.69) is 17.2 Å². The number of rotatable bonds is 4. The Kier molecular flexibility index (Phi) is 3.68. The van der Waals surface area contributed by atoms with E-state index < -0.39 is 5.60 Å². The Bertz CT molecular complexity index is 657. The van der Waals surface area contributed by atoms with Gasteiger partial charge in [0, 0.05) is 6.54 Å². The van der Waals surface area contributed by atoms with Crippen molar-refractivity contribution >= 4 is 22.9 Å². The van der Waals surface area contributed by atoms with Crippen LogP contribution in [0.25, 0.3) is 11.0 Å². The van der Waals surface area contributed by atoms with Crippen LogP contribution in [0.3, 0.4) is 0 Å². The Morgan fingerprint density at radius 2 is 2.10 bits per heavy atom. The molecule has 1 saturated carbocycles. The molecule has 1 aliphatic rings. The lowest BCUT2D eigenvalue weighted by Crippen LogP contribution is -2.40. The first-order valence-electron chi connectivity index (χ1n) is 7.63. The molecule has 112 valence electrons. The average molecular weight is 287 g/mol. The van der Waals surface area contributed by atoms with E-state index in [9.17, 15) is 9.90 Å². The highest BCUT2D eigenvalue weighted by atomic mass is 16.3. The number of fused-ring (bicyclic) bond motifs is 1. The summed E-state index contributed by atoms with van der Waals surface area (Å²) in [6.45, 7) is 2.87. The van der Waals surface area contributed by atoms with Gasteiger partial charge in [0.25, 0.3) is 5.91 Å². The molecule has 2 aromatic rings. The molecule has 1 aromatic carbocycles. The van der Waals surface area contributed by atoms with Crippen LogP contribution in [0.4, 0.5) is 5.95 Å². The molecule has 5 heteroatoms. The summed E-state index contributed by atoms with van der Waals surface area (Å²) in [6, 6.07) is 7.83. The number of benzene rings is 1. The highest BCUT2D eigenvalue weighted by Crippen LogP contribution is 2.31. The fourth-order valence-electron chi connectivity index (χ4n) is 3.03. The molecular formula is C16H21N3O2. The minimum Gasteiger partial charge on any atom is -0.380 e. The molecule has 0 spiro atoms. The molecule has 3 rings (SSSR count). The Balaban J connectivity index is 1.92. The van der Waals surface area contributed by atoms with Crippen LogP contribution in [0.1, 0.15) is 39.0 Å². The van der Waals surface area contributed by atoms with Crippen molar-refractivity contribution in [2.45, 2.75) is 51.2 Å². The molecule has 1 amide bonds. The van der Waals surface area contributed by atoms with Crippen LogP contribution < -0.4 is 5.32 Å². The second kappa shape index (κ2) is 5.48. The van der Waals surface area contributed by atoms with Gasteiger partial charge in [-0.3, -0.25) is 10.1 Å². The number of aliphatic hydroxyl groups is 1. The van der Waals surface area contributed by atoms with Gasteiger partial charge >= 0.3 is 0 Å². The second-order valence-corrected chi connectivity index (χ2v) is 5.77. The van der Waals surface area contributed by atoms with Crippen LogP contribution in [0.2, 0.25) is 0 Å². The monoisotopic (exact) mass is 287 g/mol. The van der Waals surface area contributed by atoms with Crippen molar-refractivity contribution in [3.63, 3.8) is 0 Å². The third-order valence-corrected chi connectivity index (χ3v) is 4.18. The van der Waals surface area contributed by atoms with Crippen LogP contribution in [-0.4, -0.2) is 26.2 Å². The molecule has 0 atom stereocenters. The smallest absolute Gasteiger partial charge is 0.258 e. The molecule has 1 fully saturated rings. The summed E-state index contributed by atoms with van der Waals surface area (Å²) >= 11 is 0. The number of nitrogens with one attached hydrogen (secondary N) is 1. The van der Waals surface area contributed by atoms with E-state index in [4.69, 9.17) is 0 Å². The van der Waals surface area contributed by atoms with E-state index in [1.807, 2.05) is 28.8 Å². The van der Waals surface area contributed by atoms with Crippen LogP contribution in [-0.2, 0) is 11.3 Å². The Morgan fingerprint density at radius 3 is 2.81 bits per heavy atom. The lowest BCUT2D eigenvalue weighted by Gasteiger charge is -2.20. The molecule has 5 nitrogen and oxygen atoms in total. The van der Waals surface area contributed by atoms with Gasteiger partial charge in [0.15, 0.2) is 0 Å². The maximum Gasteiger partial charge on any atom is 0.258 e. The van der Waals surface area contributed by atoms with E-state index >= 15 is 0 Å². The fraction of sp³-hybridized carbons (Fsp3) is 0.500. The topological polar surface area (TPSA) is 67.2 Å². The van der Waals surface area contributed by atoms with Gasteiger partial charge in [-0.15, -0.1) is 0 Å².